The Balaban J connectivity index is 2.23. The maximum atomic E-state index is 13.4. The van der Waals surface area contributed by atoms with Crippen LogP contribution in [0.15, 0.2) is 33.2 Å². The van der Waals surface area contributed by atoms with Gasteiger partial charge in [-0.1, -0.05) is 0 Å². The third-order valence-corrected chi connectivity index (χ3v) is 3.12. The highest BCUT2D eigenvalue weighted by Gasteiger charge is 2.18. The fourth-order valence-electron chi connectivity index (χ4n) is 1.51. The number of halogens is 2. The average molecular weight is 343 g/mol. The summed E-state index contributed by atoms with van der Waals surface area (Å²) in [6.45, 7) is 1.68. The van der Waals surface area contributed by atoms with E-state index in [2.05, 4.69) is 21.2 Å². The number of nitrogens with zero attached hydrogens (tertiary/aromatic N) is 1. The minimum atomic E-state index is -0.749. The molecule has 1 N–H and O–H groups in total. The van der Waals surface area contributed by atoms with E-state index in [0.717, 1.165) is 12.1 Å². The van der Waals surface area contributed by atoms with Crippen molar-refractivity contribution in [3.05, 3.63) is 56.0 Å². The number of nitro groups is 1. The molecular formula is C12H8BrFN2O4. The van der Waals surface area contributed by atoms with Crippen LogP contribution in [-0.2, 0) is 0 Å². The minimum absolute atomic E-state index is 0.223. The number of aryl methyl sites for hydroxylation is 1. The number of amides is 1. The van der Waals surface area contributed by atoms with Gasteiger partial charge in [0.1, 0.15) is 10.7 Å². The van der Waals surface area contributed by atoms with Crippen molar-refractivity contribution in [3.63, 3.8) is 0 Å². The van der Waals surface area contributed by atoms with Gasteiger partial charge in [-0.05, 0) is 46.6 Å². The molecule has 0 spiro atoms. The number of nitrogens with one attached hydrogen (secondary N) is 1. The second kappa shape index (κ2) is 5.41. The van der Waals surface area contributed by atoms with E-state index in [1.807, 2.05) is 0 Å². The Morgan fingerprint density at radius 3 is 2.75 bits per heavy atom. The Morgan fingerprint density at radius 1 is 1.45 bits per heavy atom. The quantitative estimate of drug-likeness (QED) is 0.681. The molecule has 0 unspecified atom stereocenters. The predicted octanol–water partition coefficient (Wildman–Crippen LogP) is 3.65. The first-order valence-electron chi connectivity index (χ1n) is 5.39. The first kappa shape index (κ1) is 14.2. The average Bonchev–Trinajstić information content (AvgIpc) is 2.85. The number of rotatable bonds is 3. The van der Waals surface area contributed by atoms with Gasteiger partial charge in [0.15, 0.2) is 5.76 Å². The van der Waals surface area contributed by atoms with Gasteiger partial charge in [0, 0.05) is 5.69 Å². The minimum Gasteiger partial charge on any atom is -0.395 e. The second-order valence-electron chi connectivity index (χ2n) is 3.93. The summed E-state index contributed by atoms with van der Waals surface area (Å²) in [7, 11) is 0. The number of carbonyl (C=O) groups excluding carboxylic acids is 1. The summed E-state index contributed by atoms with van der Waals surface area (Å²) in [5.41, 5.74) is 0.891. The van der Waals surface area contributed by atoms with Gasteiger partial charge in [-0.2, -0.15) is 0 Å². The van der Waals surface area contributed by atoms with Crippen molar-refractivity contribution >= 4 is 33.4 Å². The summed E-state index contributed by atoms with van der Waals surface area (Å²) < 4.78 is 18.4. The van der Waals surface area contributed by atoms with Crippen molar-refractivity contribution in [1.82, 2.24) is 0 Å². The molecule has 1 amide bonds. The van der Waals surface area contributed by atoms with Crippen molar-refractivity contribution in [1.29, 1.82) is 0 Å². The maximum Gasteiger partial charge on any atom is 0.433 e. The Hall–Kier alpha value is -2.22. The molecule has 0 aliphatic rings. The Morgan fingerprint density at radius 2 is 2.15 bits per heavy atom. The largest absolute Gasteiger partial charge is 0.433 e. The van der Waals surface area contributed by atoms with Crippen LogP contribution in [0.1, 0.15) is 16.1 Å². The smallest absolute Gasteiger partial charge is 0.395 e. The topological polar surface area (TPSA) is 85.4 Å². The van der Waals surface area contributed by atoms with Crippen molar-refractivity contribution in [2.45, 2.75) is 6.92 Å². The summed E-state index contributed by atoms with van der Waals surface area (Å²) in [5.74, 6) is -1.98. The van der Waals surface area contributed by atoms with Crippen LogP contribution in [-0.4, -0.2) is 10.8 Å². The lowest BCUT2D eigenvalue weighted by Gasteiger charge is -2.08. The maximum absolute atomic E-state index is 13.4. The fraction of sp³-hybridized carbons (Fsp3) is 0.0833. The second-order valence-corrected chi connectivity index (χ2v) is 4.78. The Labute approximate surface area is 120 Å². The normalized spacial score (nSPS) is 10.3. The van der Waals surface area contributed by atoms with Gasteiger partial charge in [-0.3, -0.25) is 14.9 Å². The lowest BCUT2D eigenvalue weighted by atomic mass is 10.2. The van der Waals surface area contributed by atoms with Gasteiger partial charge in [-0.15, -0.1) is 0 Å². The van der Waals surface area contributed by atoms with Crippen molar-refractivity contribution < 1.29 is 18.5 Å². The van der Waals surface area contributed by atoms with Crippen LogP contribution < -0.4 is 5.32 Å². The van der Waals surface area contributed by atoms with E-state index >= 15 is 0 Å². The molecule has 1 heterocycles. The molecule has 0 saturated heterocycles. The van der Waals surface area contributed by atoms with Crippen LogP contribution in [0, 0.1) is 22.9 Å². The lowest BCUT2D eigenvalue weighted by Crippen LogP contribution is -2.12. The molecular weight excluding hydrogens is 335 g/mol. The highest BCUT2D eigenvalue weighted by molar-refractivity contribution is 9.10. The molecule has 0 aliphatic carbocycles. The number of hydrogen-bond acceptors (Lipinski definition) is 4. The summed E-state index contributed by atoms with van der Waals surface area (Å²) >= 11 is 3.03. The van der Waals surface area contributed by atoms with Gasteiger partial charge < -0.3 is 9.73 Å². The van der Waals surface area contributed by atoms with Gasteiger partial charge in [0.05, 0.1) is 10.5 Å². The summed E-state index contributed by atoms with van der Waals surface area (Å²) in [6.07, 6.45) is 0. The Bertz CT molecular complexity index is 699. The first-order valence-corrected chi connectivity index (χ1v) is 6.19. The van der Waals surface area contributed by atoms with Crippen LogP contribution in [0.3, 0.4) is 0 Å². The van der Waals surface area contributed by atoms with Crippen molar-refractivity contribution in [3.8, 4) is 0 Å². The van der Waals surface area contributed by atoms with Gasteiger partial charge in [0.2, 0.25) is 0 Å². The molecule has 2 aromatic rings. The van der Waals surface area contributed by atoms with E-state index in [4.69, 9.17) is 4.42 Å². The molecule has 6 nitrogen and oxygen atoms in total. The zero-order valence-corrected chi connectivity index (χ0v) is 11.7. The van der Waals surface area contributed by atoms with Crippen LogP contribution in [0.2, 0.25) is 0 Å². The van der Waals surface area contributed by atoms with E-state index in [0.29, 0.717) is 5.56 Å². The first-order chi connectivity index (χ1) is 9.38. The SMILES string of the molecule is Cc1cc(Br)c(F)cc1NC(=O)c1ccc([N+](=O)[O-])o1. The number of anilines is 1. The van der Waals surface area contributed by atoms with Gasteiger partial charge in [0.25, 0.3) is 5.91 Å². The Kier molecular flexibility index (Phi) is 3.84. The highest BCUT2D eigenvalue weighted by atomic mass is 79.9. The predicted molar refractivity (Wildman–Crippen MR) is 72.2 cm³/mol. The third-order valence-electron chi connectivity index (χ3n) is 2.51. The molecule has 0 fully saturated rings. The molecule has 0 atom stereocenters. The number of benzene rings is 1. The molecule has 0 radical (unpaired) electrons. The van der Waals surface area contributed by atoms with Crippen molar-refractivity contribution in [2.24, 2.45) is 0 Å². The molecule has 104 valence electrons. The third kappa shape index (κ3) is 2.85. The summed E-state index contributed by atoms with van der Waals surface area (Å²) in [4.78, 5) is 21.5. The fourth-order valence-corrected chi connectivity index (χ4v) is 1.97. The van der Waals surface area contributed by atoms with E-state index in [1.165, 1.54) is 12.1 Å². The van der Waals surface area contributed by atoms with Crippen LogP contribution in [0.4, 0.5) is 16.0 Å². The van der Waals surface area contributed by atoms with Crippen LogP contribution in [0.25, 0.3) is 0 Å². The van der Waals surface area contributed by atoms with E-state index < -0.39 is 22.5 Å². The number of furan rings is 1. The monoisotopic (exact) mass is 342 g/mol. The van der Waals surface area contributed by atoms with E-state index in [9.17, 15) is 19.3 Å². The van der Waals surface area contributed by atoms with Gasteiger partial charge in [-0.25, -0.2) is 4.39 Å². The molecule has 1 aromatic carbocycles. The summed E-state index contributed by atoms with van der Waals surface area (Å²) in [6, 6.07) is 4.91. The molecule has 20 heavy (non-hydrogen) atoms. The van der Waals surface area contributed by atoms with E-state index in [1.54, 1.807) is 6.92 Å². The van der Waals surface area contributed by atoms with E-state index in [-0.39, 0.29) is 15.9 Å². The van der Waals surface area contributed by atoms with Crippen LogP contribution >= 0.6 is 15.9 Å². The lowest BCUT2D eigenvalue weighted by molar-refractivity contribution is -0.402. The highest BCUT2D eigenvalue weighted by Crippen LogP contribution is 2.25. The zero-order chi connectivity index (χ0) is 14.9. The molecule has 1 aromatic heterocycles. The number of hydrogen-bond donors (Lipinski definition) is 1. The van der Waals surface area contributed by atoms with Gasteiger partial charge >= 0.3 is 5.88 Å². The number of carbonyl (C=O) groups is 1. The molecule has 0 bridgehead atoms. The standard InChI is InChI=1S/C12H8BrFN2O4/c1-6-4-7(13)8(14)5-9(6)15-12(17)10-2-3-11(20-10)16(18)19/h2-5H,1H3,(H,15,17). The van der Waals surface area contributed by atoms with Crippen LogP contribution in [0.5, 0.6) is 0 Å². The van der Waals surface area contributed by atoms with Crippen molar-refractivity contribution in [2.75, 3.05) is 5.32 Å². The molecule has 2 rings (SSSR count). The molecule has 0 saturated carbocycles. The molecule has 8 heteroatoms. The molecule has 0 aliphatic heterocycles. The zero-order valence-electron chi connectivity index (χ0n) is 10.1. The summed E-state index contributed by atoms with van der Waals surface area (Å²) in [5, 5.41) is 12.9.